The zero-order chi connectivity index (χ0) is 18.4. The van der Waals surface area contributed by atoms with E-state index in [1.165, 1.54) is 19.1 Å². The van der Waals surface area contributed by atoms with E-state index in [4.69, 9.17) is 9.47 Å². The maximum atomic E-state index is 12.8. The van der Waals surface area contributed by atoms with Gasteiger partial charge in [0, 0.05) is 16.8 Å². The van der Waals surface area contributed by atoms with Crippen LogP contribution in [0.5, 0.6) is 0 Å². The van der Waals surface area contributed by atoms with E-state index in [0.29, 0.717) is 0 Å². The molecule has 0 saturated carbocycles. The van der Waals surface area contributed by atoms with Crippen molar-refractivity contribution in [1.82, 2.24) is 0 Å². The fraction of sp³-hybridized carbons (Fsp3) is 0.500. The van der Waals surface area contributed by atoms with Crippen LogP contribution in [0.15, 0.2) is 29.3 Å². The van der Waals surface area contributed by atoms with Crippen LogP contribution < -0.4 is 0 Å². The number of fused-ring (bicyclic) bond motifs is 3. The lowest BCUT2D eigenvalue weighted by Gasteiger charge is -2.31. The normalized spacial score (nSPS) is 30.2. The van der Waals surface area contributed by atoms with Gasteiger partial charge >= 0.3 is 5.97 Å². The molecule has 0 saturated heterocycles. The largest absolute Gasteiger partial charge is 0.463 e. The van der Waals surface area contributed by atoms with Gasteiger partial charge in [-0.15, -0.1) is 0 Å². The highest BCUT2D eigenvalue weighted by atomic mass is 16.6. The summed E-state index contributed by atoms with van der Waals surface area (Å²) in [6.45, 7) is 5.38. The first-order valence-corrected chi connectivity index (χ1v) is 8.17. The number of hydrogen-bond acceptors (Lipinski definition) is 7. The van der Waals surface area contributed by atoms with Gasteiger partial charge in [0.2, 0.25) is 11.5 Å². The molecular weight excluding hydrogens is 326 g/mol. The highest BCUT2D eigenvalue weighted by molar-refractivity contribution is 6.18. The predicted molar refractivity (Wildman–Crippen MR) is 88.3 cm³/mol. The molecule has 0 bridgehead atoms. The Bertz CT molecular complexity index is 758. The molecule has 2 aliphatic rings. The number of carbonyl (C=O) groups excluding carboxylic acids is 2. The molecule has 7 nitrogen and oxygen atoms in total. The second-order valence-electron chi connectivity index (χ2n) is 6.59. The van der Waals surface area contributed by atoms with E-state index >= 15 is 0 Å². The van der Waals surface area contributed by atoms with Crippen LogP contribution in [0.3, 0.4) is 0 Å². The van der Waals surface area contributed by atoms with E-state index in [1.807, 2.05) is 13.8 Å². The summed E-state index contributed by atoms with van der Waals surface area (Å²) < 4.78 is 10.4. The van der Waals surface area contributed by atoms with Crippen molar-refractivity contribution in [2.45, 2.75) is 38.2 Å². The molecule has 0 aromatic heterocycles. The Balaban J connectivity index is 1.88. The second-order valence-corrected chi connectivity index (χ2v) is 6.59. The molecule has 3 rings (SSSR count). The van der Waals surface area contributed by atoms with Crippen molar-refractivity contribution in [2.75, 3.05) is 13.2 Å². The molecule has 1 aliphatic heterocycles. The van der Waals surface area contributed by atoms with Crippen molar-refractivity contribution in [3.8, 4) is 0 Å². The Morgan fingerprint density at radius 3 is 2.64 bits per heavy atom. The minimum absolute atomic E-state index is 0.00587. The van der Waals surface area contributed by atoms with Gasteiger partial charge in [0.15, 0.2) is 5.60 Å². The quantitative estimate of drug-likeness (QED) is 0.603. The van der Waals surface area contributed by atoms with E-state index in [-0.39, 0.29) is 36.2 Å². The Kier molecular flexibility index (Phi) is 4.26. The summed E-state index contributed by atoms with van der Waals surface area (Å²) in [5.41, 5.74) is -4.06. The molecule has 1 heterocycles. The van der Waals surface area contributed by atoms with Gasteiger partial charge in [0.05, 0.1) is 12.7 Å². The Morgan fingerprint density at radius 1 is 1.28 bits per heavy atom. The molecule has 2 N–H and O–H groups in total. The Hall–Kier alpha value is -2.09. The minimum Gasteiger partial charge on any atom is -0.463 e. The third-order valence-corrected chi connectivity index (χ3v) is 4.61. The number of Topliss-reactive ketones (excluding diaryl/α,β-unsaturated/α-hetero) is 1. The number of aliphatic hydroxyl groups is 2. The molecule has 1 aliphatic carbocycles. The number of ketones is 1. The topological polar surface area (TPSA) is 105 Å². The van der Waals surface area contributed by atoms with Crippen LogP contribution >= 0.6 is 0 Å². The number of aliphatic imine (C=N–C) groups is 1. The van der Waals surface area contributed by atoms with Crippen molar-refractivity contribution >= 4 is 17.5 Å². The molecule has 1 aromatic carbocycles. The van der Waals surface area contributed by atoms with Crippen LogP contribution in [0.1, 0.15) is 36.7 Å². The third-order valence-electron chi connectivity index (χ3n) is 4.61. The summed E-state index contributed by atoms with van der Waals surface area (Å²) in [6.07, 6.45) is -0.00587. The number of rotatable bonds is 5. The molecule has 25 heavy (non-hydrogen) atoms. The summed E-state index contributed by atoms with van der Waals surface area (Å²) in [4.78, 5) is 29.3. The van der Waals surface area contributed by atoms with Gasteiger partial charge in [-0.25, -0.2) is 0 Å². The van der Waals surface area contributed by atoms with Crippen LogP contribution in [-0.2, 0) is 20.0 Å². The van der Waals surface area contributed by atoms with E-state index in [1.54, 1.807) is 12.1 Å². The number of hydrogen-bond donors (Lipinski definition) is 2. The lowest BCUT2D eigenvalue weighted by Crippen LogP contribution is -2.56. The van der Waals surface area contributed by atoms with E-state index in [9.17, 15) is 19.8 Å². The van der Waals surface area contributed by atoms with Crippen molar-refractivity contribution in [3.63, 3.8) is 0 Å². The molecule has 0 amide bonds. The van der Waals surface area contributed by atoms with Gasteiger partial charge in [0.25, 0.3) is 0 Å². The first-order chi connectivity index (χ1) is 11.7. The summed E-state index contributed by atoms with van der Waals surface area (Å²) >= 11 is 0. The monoisotopic (exact) mass is 347 g/mol. The summed E-state index contributed by atoms with van der Waals surface area (Å²) in [6, 6.07) is 6.27. The van der Waals surface area contributed by atoms with Crippen molar-refractivity contribution in [1.29, 1.82) is 0 Å². The standard InChI is InChI=1S/C18H21NO6/c1-10(2)24-8-9-25-16(21)14-11(3)19-18(23)13-7-5-4-6-12(13)15(20)17(14,18)22/h4-7,10,14,22-23H,8-9H2,1-3H3/t14?,17-,18+/m0/s1. The SMILES string of the molecule is CC1=N[C@@]2(O)c3ccccc3C(=O)[C@@]2(O)C1C(=O)OCCOC(C)C. The molecule has 1 aromatic rings. The third kappa shape index (κ3) is 2.42. The Labute approximate surface area is 145 Å². The number of esters is 1. The van der Waals surface area contributed by atoms with Gasteiger partial charge in [0.1, 0.15) is 12.5 Å². The van der Waals surface area contributed by atoms with Crippen LogP contribution in [-0.4, -0.2) is 52.6 Å². The van der Waals surface area contributed by atoms with E-state index < -0.39 is 29.0 Å². The fourth-order valence-corrected chi connectivity index (χ4v) is 3.50. The van der Waals surface area contributed by atoms with Gasteiger partial charge in [-0.2, -0.15) is 0 Å². The van der Waals surface area contributed by atoms with Gasteiger partial charge < -0.3 is 19.7 Å². The maximum absolute atomic E-state index is 12.8. The number of ether oxygens (including phenoxy) is 2. The van der Waals surface area contributed by atoms with Gasteiger partial charge in [-0.05, 0) is 20.8 Å². The zero-order valence-corrected chi connectivity index (χ0v) is 14.4. The number of benzene rings is 1. The molecular formula is C18H21NO6. The number of nitrogens with zero attached hydrogens (tertiary/aromatic N) is 1. The number of carbonyl (C=O) groups is 2. The predicted octanol–water partition coefficient (Wildman–Crippen LogP) is 0.818. The van der Waals surface area contributed by atoms with Crippen molar-refractivity contribution < 1.29 is 29.3 Å². The van der Waals surface area contributed by atoms with Crippen molar-refractivity contribution in [3.05, 3.63) is 35.4 Å². The summed E-state index contributed by atoms with van der Waals surface area (Å²) in [5.74, 6) is -2.91. The highest BCUT2D eigenvalue weighted by Crippen LogP contribution is 2.53. The average molecular weight is 347 g/mol. The van der Waals surface area contributed by atoms with Crippen LogP contribution in [0.25, 0.3) is 0 Å². The molecule has 1 unspecified atom stereocenters. The lowest BCUT2D eigenvalue weighted by molar-refractivity contribution is -0.166. The molecule has 0 fully saturated rings. The second kappa shape index (κ2) is 6.01. The molecule has 3 atom stereocenters. The molecule has 0 spiro atoms. The first kappa shape index (κ1) is 17.7. The van der Waals surface area contributed by atoms with E-state index in [2.05, 4.69) is 4.99 Å². The van der Waals surface area contributed by atoms with Crippen LogP contribution in [0, 0.1) is 5.92 Å². The minimum atomic E-state index is -2.39. The zero-order valence-electron chi connectivity index (χ0n) is 14.4. The van der Waals surface area contributed by atoms with Gasteiger partial charge in [-0.1, -0.05) is 24.3 Å². The van der Waals surface area contributed by atoms with Crippen LogP contribution in [0.4, 0.5) is 0 Å². The maximum Gasteiger partial charge on any atom is 0.318 e. The molecule has 7 heteroatoms. The fourth-order valence-electron chi connectivity index (χ4n) is 3.50. The summed E-state index contributed by atoms with van der Waals surface area (Å²) in [5, 5.41) is 22.0. The Morgan fingerprint density at radius 2 is 1.96 bits per heavy atom. The lowest BCUT2D eigenvalue weighted by atomic mass is 9.79. The first-order valence-electron chi connectivity index (χ1n) is 8.17. The summed E-state index contributed by atoms with van der Waals surface area (Å²) in [7, 11) is 0. The average Bonchev–Trinajstić information content (AvgIpc) is 2.86. The highest BCUT2D eigenvalue weighted by Gasteiger charge is 2.72. The van der Waals surface area contributed by atoms with E-state index in [0.717, 1.165) is 0 Å². The van der Waals surface area contributed by atoms with Gasteiger partial charge in [-0.3, -0.25) is 14.6 Å². The molecule has 134 valence electrons. The molecule has 0 radical (unpaired) electrons. The van der Waals surface area contributed by atoms with Crippen molar-refractivity contribution in [2.24, 2.45) is 10.9 Å². The smallest absolute Gasteiger partial charge is 0.318 e. The van der Waals surface area contributed by atoms with Crippen LogP contribution in [0.2, 0.25) is 0 Å².